The van der Waals surface area contributed by atoms with Crippen molar-refractivity contribution < 1.29 is 9.59 Å². The van der Waals surface area contributed by atoms with Gasteiger partial charge in [0.05, 0.1) is 5.69 Å². The molecule has 7 nitrogen and oxygen atoms in total. The Bertz CT molecular complexity index is 641. The molecule has 2 rings (SSSR count). The smallest absolute Gasteiger partial charge is 0.243 e. The summed E-state index contributed by atoms with van der Waals surface area (Å²) in [5.41, 5.74) is 0.759. The minimum atomic E-state index is -0.853. The van der Waals surface area contributed by atoms with Crippen LogP contribution in [0.2, 0.25) is 0 Å². The van der Waals surface area contributed by atoms with E-state index in [9.17, 15) is 9.59 Å². The number of nitrogens with zero attached hydrogens (tertiary/aromatic N) is 5. The number of thioether (sulfide) groups is 1. The van der Waals surface area contributed by atoms with Gasteiger partial charge in [0, 0.05) is 14.1 Å². The topological polar surface area (TPSA) is 81.0 Å². The average molecular weight is 305 g/mol. The second-order valence-corrected chi connectivity index (χ2v) is 5.61. The summed E-state index contributed by atoms with van der Waals surface area (Å²) in [4.78, 5) is 26.3. The molecule has 21 heavy (non-hydrogen) atoms. The van der Waals surface area contributed by atoms with Crippen molar-refractivity contribution in [2.24, 2.45) is 0 Å². The van der Waals surface area contributed by atoms with Gasteiger partial charge in [0.1, 0.15) is 5.25 Å². The molecule has 110 valence electrons. The van der Waals surface area contributed by atoms with Gasteiger partial charge in [-0.05, 0) is 24.3 Å². The van der Waals surface area contributed by atoms with Gasteiger partial charge < -0.3 is 4.90 Å². The molecule has 0 aliphatic heterocycles. The summed E-state index contributed by atoms with van der Waals surface area (Å²) in [6.07, 6.45) is 0. The lowest BCUT2D eigenvalue weighted by Crippen LogP contribution is -2.36. The van der Waals surface area contributed by atoms with E-state index in [-0.39, 0.29) is 16.8 Å². The number of carbonyl (C=O) groups excluding carboxylic acids is 2. The van der Waals surface area contributed by atoms with E-state index in [0.29, 0.717) is 0 Å². The number of amides is 1. The van der Waals surface area contributed by atoms with Gasteiger partial charge in [-0.1, -0.05) is 30.0 Å². The first-order valence-electron chi connectivity index (χ1n) is 6.22. The third-order valence-corrected chi connectivity index (χ3v) is 3.78. The fourth-order valence-corrected chi connectivity index (χ4v) is 2.46. The fourth-order valence-electron chi connectivity index (χ4n) is 1.57. The van der Waals surface area contributed by atoms with Crippen LogP contribution in [0.1, 0.15) is 6.92 Å². The first kappa shape index (κ1) is 15.2. The molecule has 2 aromatic rings. The standard InChI is InChI=1S/C13H15N5O2S/c1-9(19)11(12(20)17(2)3)21-13-14-16-18(15-13)10-7-5-4-6-8-10/h4-8,11H,1-3H3/t11-/m1/s1. The number of carbonyl (C=O) groups is 2. The number of hydrogen-bond donors (Lipinski definition) is 0. The molecule has 8 heteroatoms. The van der Waals surface area contributed by atoms with Crippen molar-refractivity contribution in [2.45, 2.75) is 17.3 Å². The summed E-state index contributed by atoms with van der Waals surface area (Å²) < 4.78 is 0. The SMILES string of the molecule is CC(=O)[C@@H](Sc1nnn(-c2ccccc2)n1)C(=O)N(C)C. The number of Topliss-reactive ketones (excluding diaryl/α,β-unsaturated/α-hetero) is 1. The maximum Gasteiger partial charge on any atom is 0.243 e. The molecule has 1 atom stereocenters. The normalized spacial score (nSPS) is 12.0. The Balaban J connectivity index is 2.18. The van der Waals surface area contributed by atoms with Crippen LogP contribution in [0.4, 0.5) is 0 Å². The molecule has 0 saturated heterocycles. The van der Waals surface area contributed by atoms with Gasteiger partial charge in [-0.2, -0.15) is 0 Å². The summed E-state index contributed by atoms with van der Waals surface area (Å²) in [5.74, 6) is -0.529. The highest BCUT2D eigenvalue weighted by atomic mass is 32.2. The lowest BCUT2D eigenvalue weighted by atomic mass is 10.3. The first-order valence-corrected chi connectivity index (χ1v) is 7.10. The molecule has 1 aromatic heterocycles. The fraction of sp³-hybridized carbons (Fsp3) is 0.308. The molecule has 1 heterocycles. The summed E-state index contributed by atoms with van der Waals surface area (Å²) in [5, 5.41) is 11.4. The van der Waals surface area contributed by atoms with E-state index in [4.69, 9.17) is 0 Å². The number of tetrazole rings is 1. The quantitative estimate of drug-likeness (QED) is 0.600. The molecule has 1 amide bonds. The second kappa shape index (κ2) is 6.49. The number of benzene rings is 1. The van der Waals surface area contributed by atoms with Gasteiger partial charge in [-0.3, -0.25) is 9.59 Å². The molecule has 0 radical (unpaired) electrons. The molecule has 0 aliphatic carbocycles. The van der Waals surface area contributed by atoms with E-state index < -0.39 is 5.25 Å². The molecule has 0 bridgehead atoms. The van der Waals surface area contributed by atoms with E-state index in [1.54, 1.807) is 14.1 Å². The molecular weight excluding hydrogens is 290 g/mol. The van der Waals surface area contributed by atoms with Crippen molar-refractivity contribution in [3.8, 4) is 5.69 Å². The van der Waals surface area contributed by atoms with Crippen LogP contribution >= 0.6 is 11.8 Å². The molecule has 0 unspecified atom stereocenters. The van der Waals surface area contributed by atoms with Gasteiger partial charge in [0.2, 0.25) is 11.1 Å². The number of ketones is 1. The summed E-state index contributed by atoms with van der Waals surface area (Å²) in [7, 11) is 3.21. The molecule has 0 saturated carbocycles. The van der Waals surface area contributed by atoms with Crippen molar-refractivity contribution >= 4 is 23.5 Å². The van der Waals surface area contributed by atoms with Gasteiger partial charge in [0.25, 0.3) is 0 Å². The number of hydrogen-bond acceptors (Lipinski definition) is 6. The zero-order valence-corrected chi connectivity index (χ0v) is 12.7. The van der Waals surface area contributed by atoms with Crippen LogP contribution in [0.15, 0.2) is 35.5 Å². The zero-order chi connectivity index (χ0) is 15.4. The molecule has 1 aromatic carbocycles. The predicted molar refractivity (Wildman–Crippen MR) is 78.2 cm³/mol. The monoisotopic (exact) mass is 305 g/mol. The number of rotatable bonds is 5. The highest BCUT2D eigenvalue weighted by Crippen LogP contribution is 2.21. The maximum atomic E-state index is 12.0. The Hall–Kier alpha value is -2.22. The van der Waals surface area contributed by atoms with Crippen LogP contribution in [0.25, 0.3) is 5.69 Å². The minimum absolute atomic E-state index is 0.241. The van der Waals surface area contributed by atoms with Crippen molar-refractivity contribution in [3.63, 3.8) is 0 Å². The Morgan fingerprint density at radius 3 is 2.48 bits per heavy atom. The van der Waals surface area contributed by atoms with E-state index >= 15 is 0 Å². The van der Waals surface area contributed by atoms with Crippen molar-refractivity contribution in [1.82, 2.24) is 25.1 Å². The maximum absolute atomic E-state index is 12.0. The van der Waals surface area contributed by atoms with Crippen LogP contribution in [0.5, 0.6) is 0 Å². The largest absolute Gasteiger partial charge is 0.347 e. The van der Waals surface area contributed by atoms with Gasteiger partial charge in [-0.25, -0.2) is 0 Å². The van der Waals surface area contributed by atoms with Crippen molar-refractivity contribution in [3.05, 3.63) is 30.3 Å². The van der Waals surface area contributed by atoms with E-state index in [1.165, 1.54) is 16.6 Å². The molecular formula is C13H15N5O2S. The van der Waals surface area contributed by atoms with E-state index in [2.05, 4.69) is 15.4 Å². The molecule has 0 spiro atoms. The Morgan fingerprint density at radius 1 is 1.24 bits per heavy atom. The van der Waals surface area contributed by atoms with Gasteiger partial charge in [-0.15, -0.1) is 15.0 Å². The summed E-state index contributed by atoms with van der Waals surface area (Å²) in [6, 6.07) is 9.28. The van der Waals surface area contributed by atoms with E-state index in [1.807, 2.05) is 30.3 Å². The zero-order valence-electron chi connectivity index (χ0n) is 11.9. The third-order valence-electron chi connectivity index (χ3n) is 2.64. The van der Waals surface area contributed by atoms with Crippen molar-refractivity contribution in [1.29, 1.82) is 0 Å². The van der Waals surface area contributed by atoms with Crippen LogP contribution in [-0.4, -0.2) is 56.1 Å². The lowest BCUT2D eigenvalue weighted by Gasteiger charge is -2.16. The highest BCUT2D eigenvalue weighted by Gasteiger charge is 2.28. The Kier molecular flexibility index (Phi) is 4.69. The van der Waals surface area contributed by atoms with Crippen LogP contribution in [0.3, 0.4) is 0 Å². The minimum Gasteiger partial charge on any atom is -0.347 e. The number of aromatic nitrogens is 4. The first-order chi connectivity index (χ1) is 9.99. The second-order valence-electron chi connectivity index (χ2n) is 4.54. The number of para-hydroxylation sites is 1. The van der Waals surface area contributed by atoms with Crippen molar-refractivity contribution in [2.75, 3.05) is 14.1 Å². The van der Waals surface area contributed by atoms with Crippen LogP contribution < -0.4 is 0 Å². The summed E-state index contributed by atoms with van der Waals surface area (Å²) >= 11 is 1.00. The Labute approximate surface area is 126 Å². The van der Waals surface area contributed by atoms with E-state index in [0.717, 1.165) is 17.4 Å². The molecule has 0 N–H and O–H groups in total. The highest BCUT2D eigenvalue weighted by molar-refractivity contribution is 8.01. The predicted octanol–water partition coefficient (Wildman–Crippen LogP) is 0.800. The average Bonchev–Trinajstić information content (AvgIpc) is 2.93. The molecule has 0 aliphatic rings. The van der Waals surface area contributed by atoms with Crippen LogP contribution in [-0.2, 0) is 9.59 Å². The van der Waals surface area contributed by atoms with Gasteiger partial charge in [0.15, 0.2) is 5.78 Å². The lowest BCUT2D eigenvalue weighted by molar-refractivity contribution is -0.132. The third kappa shape index (κ3) is 3.66. The van der Waals surface area contributed by atoms with Crippen LogP contribution in [0, 0.1) is 0 Å². The Morgan fingerprint density at radius 2 is 1.90 bits per heavy atom. The van der Waals surface area contributed by atoms with Gasteiger partial charge >= 0.3 is 0 Å². The summed E-state index contributed by atoms with van der Waals surface area (Å²) in [6.45, 7) is 1.38. The molecule has 0 fully saturated rings.